The van der Waals surface area contributed by atoms with Crippen LogP contribution in [0.1, 0.15) is 10.4 Å². The minimum atomic E-state index is 0.0951. The van der Waals surface area contributed by atoms with Gasteiger partial charge < -0.3 is 15.2 Å². The first-order valence-electron chi connectivity index (χ1n) is 9.57. The van der Waals surface area contributed by atoms with E-state index >= 15 is 0 Å². The summed E-state index contributed by atoms with van der Waals surface area (Å²) in [6.07, 6.45) is 4.07. The van der Waals surface area contributed by atoms with Crippen molar-refractivity contribution in [3.63, 3.8) is 0 Å². The molecule has 2 aromatic heterocycles. The molecular weight excluding hydrogens is 378 g/mol. The lowest BCUT2D eigenvalue weighted by atomic mass is 10.00. The van der Waals surface area contributed by atoms with Crippen molar-refractivity contribution in [1.82, 2.24) is 9.97 Å². The van der Waals surface area contributed by atoms with E-state index in [9.17, 15) is 4.79 Å². The van der Waals surface area contributed by atoms with Crippen molar-refractivity contribution in [2.75, 3.05) is 25.6 Å². The van der Waals surface area contributed by atoms with Crippen molar-refractivity contribution < 1.29 is 14.6 Å². The van der Waals surface area contributed by atoms with E-state index in [1.54, 1.807) is 18.5 Å². The number of hydrogen-bond acceptors (Lipinski definition) is 6. The Hall–Kier alpha value is -3.77. The Morgan fingerprint density at radius 2 is 1.67 bits per heavy atom. The Kier molecular flexibility index (Phi) is 5.68. The van der Waals surface area contributed by atoms with Crippen molar-refractivity contribution in [1.29, 1.82) is 0 Å². The van der Waals surface area contributed by atoms with E-state index in [0.717, 1.165) is 28.7 Å². The van der Waals surface area contributed by atoms with Crippen LogP contribution in [0.5, 0.6) is 5.75 Å². The quantitative estimate of drug-likeness (QED) is 0.454. The Balaban J connectivity index is 1.70. The number of rotatable bonds is 7. The highest BCUT2D eigenvalue weighted by molar-refractivity contribution is 6.01. The van der Waals surface area contributed by atoms with Gasteiger partial charge in [0, 0.05) is 35.6 Å². The van der Waals surface area contributed by atoms with Gasteiger partial charge in [0.05, 0.1) is 24.8 Å². The summed E-state index contributed by atoms with van der Waals surface area (Å²) in [6, 6.07) is 17.8. The normalized spacial score (nSPS) is 10.7. The number of carbonyl (C=O) groups is 1. The average molecular weight is 399 g/mol. The number of ether oxygens (including phenoxy) is 1. The van der Waals surface area contributed by atoms with Gasteiger partial charge in [-0.05, 0) is 29.3 Å². The van der Waals surface area contributed by atoms with Gasteiger partial charge in [-0.25, -0.2) is 4.98 Å². The number of carbonyl (C=O) groups excluding carboxylic acids is 1. The lowest BCUT2D eigenvalue weighted by Gasteiger charge is -2.13. The summed E-state index contributed by atoms with van der Waals surface area (Å²) >= 11 is 0. The molecule has 0 saturated heterocycles. The molecule has 0 aliphatic heterocycles. The summed E-state index contributed by atoms with van der Waals surface area (Å²) in [5.41, 5.74) is 5.72. The number of nitrogens with zero attached hydrogens (tertiary/aromatic N) is 2. The fourth-order valence-electron chi connectivity index (χ4n) is 3.43. The maximum Gasteiger partial charge on any atom is 0.156 e. The molecule has 0 bridgehead atoms. The van der Waals surface area contributed by atoms with Crippen molar-refractivity contribution in [3.8, 4) is 28.1 Å². The molecule has 0 atom stereocenters. The van der Waals surface area contributed by atoms with Gasteiger partial charge in [-0.3, -0.25) is 9.78 Å². The summed E-state index contributed by atoms with van der Waals surface area (Å²) in [7, 11) is 1.54. The smallest absolute Gasteiger partial charge is 0.156 e. The minimum absolute atomic E-state index is 0.0951. The highest BCUT2D eigenvalue weighted by Gasteiger charge is 2.17. The first kappa shape index (κ1) is 19.5. The number of fused-ring (bicyclic) bond motifs is 1. The van der Waals surface area contributed by atoms with Crippen molar-refractivity contribution >= 4 is 22.9 Å². The molecule has 0 spiro atoms. The topological polar surface area (TPSA) is 84.3 Å². The standard InChI is InChI=1S/C24H21N3O3/c1-30-24-21(15-29)20-14-25-11-10-22(20)27-23(24)18-4-2-16(3-5-18)17-6-8-19(9-7-17)26-12-13-28/h2-11,14-15,26,28H,12-13H2,1H3. The highest BCUT2D eigenvalue weighted by Crippen LogP contribution is 2.35. The van der Waals surface area contributed by atoms with Crippen LogP contribution in [0, 0.1) is 0 Å². The van der Waals surface area contributed by atoms with E-state index in [0.29, 0.717) is 34.5 Å². The Labute approximate surface area is 174 Å². The van der Waals surface area contributed by atoms with Crippen molar-refractivity contribution in [3.05, 3.63) is 72.6 Å². The zero-order valence-corrected chi connectivity index (χ0v) is 16.5. The third-order valence-electron chi connectivity index (χ3n) is 4.92. The number of methoxy groups -OCH3 is 1. The average Bonchev–Trinajstić information content (AvgIpc) is 2.82. The number of anilines is 1. The fourth-order valence-corrected chi connectivity index (χ4v) is 3.43. The number of aliphatic hydroxyl groups excluding tert-OH is 1. The lowest BCUT2D eigenvalue weighted by Crippen LogP contribution is -2.04. The van der Waals surface area contributed by atoms with E-state index in [2.05, 4.69) is 10.3 Å². The Morgan fingerprint density at radius 3 is 2.30 bits per heavy atom. The SMILES string of the molecule is COc1c(-c2ccc(-c3ccc(NCCO)cc3)cc2)nc2ccncc2c1C=O. The number of aldehydes is 1. The number of aliphatic hydroxyl groups is 1. The molecule has 6 heteroatoms. The summed E-state index contributed by atoms with van der Waals surface area (Å²) < 4.78 is 5.54. The largest absolute Gasteiger partial charge is 0.494 e. The van der Waals surface area contributed by atoms with Crippen molar-refractivity contribution in [2.45, 2.75) is 0 Å². The van der Waals surface area contributed by atoms with Crippen LogP contribution in [0.25, 0.3) is 33.3 Å². The molecule has 4 rings (SSSR count). The molecule has 150 valence electrons. The van der Waals surface area contributed by atoms with Crippen LogP contribution in [-0.4, -0.2) is 41.6 Å². The monoisotopic (exact) mass is 399 g/mol. The maximum absolute atomic E-state index is 11.8. The molecule has 30 heavy (non-hydrogen) atoms. The summed E-state index contributed by atoms with van der Waals surface area (Å²) in [5.74, 6) is 0.442. The maximum atomic E-state index is 11.8. The highest BCUT2D eigenvalue weighted by atomic mass is 16.5. The summed E-state index contributed by atoms with van der Waals surface area (Å²) in [4.78, 5) is 20.6. The first-order valence-corrected chi connectivity index (χ1v) is 9.57. The molecule has 2 N–H and O–H groups in total. The van der Waals surface area contributed by atoms with E-state index in [1.807, 2.05) is 48.5 Å². The first-order chi connectivity index (χ1) is 14.7. The predicted octanol–water partition coefficient (Wildman–Crippen LogP) is 4.19. The molecule has 0 unspecified atom stereocenters. The zero-order chi connectivity index (χ0) is 20.9. The summed E-state index contributed by atoms with van der Waals surface area (Å²) in [6.45, 7) is 0.616. The third kappa shape index (κ3) is 3.73. The predicted molar refractivity (Wildman–Crippen MR) is 118 cm³/mol. The molecule has 0 radical (unpaired) electrons. The molecule has 0 amide bonds. The second-order valence-electron chi connectivity index (χ2n) is 6.72. The molecule has 0 aliphatic carbocycles. The number of nitrogens with one attached hydrogen (secondary N) is 1. The van der Waals surface area contributed by atoms with E-state index in [1.165, 1.54) is 7.11 Å². The van der Waals surface area contributed by atoms with Crippen LogP contribution in [0.3, 0.4) is 0 Å². The van der Waals surface area contributed by atoms with E-state index < -0.39 is 0 Å². The minimum Gasteiger partial charge on any atom is -0.494 e. The van der Waals surface area contributed by atoms with E-state index in [4.69, 9.17) is 14.8 Å². The second kappa shape index (κ2) is 8.71. The Bertz CT molecular complexity index is 1170. The van der Waals surface area contributed by atoms with Crippen LogP contribution < -0.4 is 10.1 Å². The van der Waals surface area contributed by atoms with Crippen LogP contribution in [0.4, 0.5) is 5.69 Å². The summed E-state index contributed by atoms with van der Waals surface area (Å²) in [5, 5.41) is 12.7. The molecule has 2 heterocycles. The molecule has 6 nitrogen and oxygen atoms in total. The van der Waals surface area contributed by atoms with Crippen LogP contribution >= 0.6 is 0 Å². The number of hydrogen-bond donors (Lipinski definition) is 2. The zero-order valence-electron chi connectivity index (χ0n) is 16.5. The number of pyridine rings is 2. The fraction of sp³-hybridized carbons (Fsp3) is 0.125. The van der Waals surface area contributed by atoms with E-state index in [-0.39, 0.29) is 6.61 Å². The van der Waals surface area contributed by atoms with Gasteiger partial charge in [0.2, 0.25) is 0 Å². The molecule has 4 aromatic rings. The molecule has 0 saturated carbocycles. The van der Waals surface area contributed by atoms with Gasteiger partial charge >= 0.3 is 0 Å². The van der Waals surface area contributed by atoms with Crippen LogP contribution in [0.15, 0.2) is 67.0 Å². The Morgan fingerprint density at radius 1 is 1.00 bits per heavy atom. The van der Waals surface area contributed by atoms with Crippen LogP contribution in [0.2, 0.25) is 0 Å². The lowest BCUT2D eigenvalue weighted by molar-refractivity contribution is 0.112. The van der Waals surface area contributed by atoms with Gasteiger partial charge in [-0.2, -0.15) is 0 Å². The van der Waals surface area contributed by atoms with Gasteiger partial charge in [0.15, 0.2) is 12.0 Å². The molecule has 0 fully saturated rings. The van der Waals surface area contributed by atoms with Gasteiger partial charge in [0.1, 0.15) is 5.69 Å². The molecule has 2 aromatic carbocycles. The van der Waals surface area contributed by atoms with Gasteiger partial charge in [-0.1, -0.05) is 36.4 Å². The van der Waals surface area contributed by atoms with Gasteiger partial charge in [-0.15, -0.1) is 0 Å². The third-order valence-corrected chi connectivity index (χ3v) is 4.92. The molecule has 0 aliphatic rings. The van der Waals surface area contributed by atoms with Crippen molar-refractivity contribution in [2.24, 2.45) is 0 Å². The van der Waals surface area contributed by atoms with Gasteiger partial charge in [0.25, 0.3) is 0 Å². The van der Waals surface area contributed by atoms with Crippen LogP contribution in [-0.2, 0) is 0 Å². The second-order valence-corrected chi connectivity index (χ2v) is 6.72. The number of aromatic nitrogens is 2. The molecular formula is C24H21N3O3. The number of benzene rings is 2.